The highest BCUT2D eigenvalue weighted by atomic mass is 16.7. The molecule has 5 atom stereocenters. The Morgan fingerprint density at radius 1 is 1.00 bits per heavy atom. The highest BCUT2D eigenvalue weighted by molar-refractivity contribution is 5.66. The number of rotatable bonds is 16. The molecule has 0 amide bonds. The first-order valence-electron chi connectivity index (χ1n) is 13.1. The summed E-state index contributed by atoms with van der Waals surface area (Å²) in [5.41, 5.74) is 0. The van der Waals surface area contributed by atoms with Gasteiger partial charge in [0.1, 0.15) is 0 Å². The van der Waals surface area contributed by atoms with Crippen LogP contribution >= 0.6 is 0 Å². The lowest BCUT2D eigenvalue weighted by atomic mass is 9.86. The first-order valence-corrected chi connectivity index (χ1v) is 13.1. The van der Waals surface area contributed by atoms with E-state index in [1.54, 1.807) is 0 Å². The number of unbranched alkanes of at least 4 members (excludes halogenated alkanes) is 5. The van der Waals surface area contributed by atoms with E-state index in [9.17, 15) is 9.90 Å². The Hall–Kier alpha value is -1.17. The fourth-order valence-electron chi connectivity index (χ4n) is 5.01. The maximum Gasteiger partial charge on any atom is 0.303 e. The van der Waals surface area contributed by atoms with Gasteiger partial charge in [-0.05, 0) is 76.0 Å². The molecule has 184 valence electrons. The standard InChI is InChI=1S/C27H46O5/c1-2-3-4-5-6-7-8-12-17-23-22(16-11-9-10-13-18-26(29)30)24(28)21-25(23)32-27-19-14-15-20-31-27/h7-9,11,22-25,27-28H,2-6,10,12-21H2,1H3,(H,29,30)/t22-,23-,24+,25-,27?/m1/s1. The van der Waals surface area contributed by atoms with Crippen molar-refractivity contribution in [2.75, 3.05) is 6.61 Å². The van der Waals surface area contributed by atoms with Crippen LogP contribution in [0.5, 0.6) is 0 Å². The summed E-state index contributed by atoms with van der Waals surface area (Å²) in [5.74, 6) is -0.228. The van der Waals surface area contributed by atoms with E-state index in [1.807, 2.05) is 0 Å². The number of carboxylic acid groups (broad SMARTS) is 1. The highest BCUT2D eigenvalue weighted by Crippen LogP contribution is 2.41. The van der Waals surface area contributed by atoms with Crippen molar-refractivity contribution in [1.29, 1.82) is 0 Å². The Labute approximate surface area is 195 Å². The molecule has 1 heterocycles. The molecule has 0 spiro atoms. The van der Waals surface area contributed by atoms with Crippen LogP contribution in [0.15, 0.2) is 24.3 Å². The third-order valence-corrected chi connectivity index (χ3v) is 6.85. The number of hydrogen-bond acceptors (Lipinski definition) is 4. The molecule has 1 saturated heterocycles. The van der Waals surface area contributed by atoms with Gasteiger partial charge in [0, 0.05) is 19.4 Å². The van der Waals surface area contributed by atoms with E-state index in [-0.39, 0.29) is 30.8 Å². The van der Waals surface area contributed by atoms with Crippen LogP contribution in [0, 0.1) is 11.8 Å². The maximum absolute atomic E-state index is 10.8. The van der Waals surface area contributed by atoms with Gasteiger partial charge in [-0.2, -0.15) is 0 Å². The van der Waals surface area contributed by atoms with Crippen molar-refractivity contribution < 1.29 is 24.5 Å². The van der Waals surface area contributed by atoms with E-state index in [4.69, 9.17) is 14.6 Å². The number of aliphatic hydroxyl groups excluding tert-OH is 1. The van der Waals surface area contributed by atoms with Crippen LogP contribution in [0.1, 0.15) is 103 Å². The molecule has 0 aromatic heterocycles. The van der Waals surface area contributed by atoms with Crippen molar-refractivity contribution in [3.05, 3.63) is 24.3 Å². The fraction of sp³-hybridized carbons (Fsp3) is 0.815. The van der Waals surface area contributed by atoms with Gasteiger partial charge >= 0.3 is 5.97 Å². The van der Waals surface area contributed by atoms with Crippen LogP contribution in [0.2, 0.25) is 0 Å². The van der Waals surface area contributed by atoms with E-state index in [0.717, 1.165) is 58.0 Å². The Kier molecular flexibility index (Phi) is 13.9. The lowest BCUT2D eigenvalue weighted by Gasteiger charge is -2.30. The van der Waals surface area contributed by atoms with Crippen LogP contribution in [0.4, 0.5) is 0 Å². The van der Waals surface area contributed by atoms with Gasteiger partial charge in [0.25, 0.3) is 0 Å². The van der Waals surface area contributed by atoms with Crippen LogP contribution in [0.3, 0.4) is 0 Å². The minimum absolute atomic E-state index is 0.0523. The smallest absolute Gasteiger partial charge is 0.303 e. The largest absolute Gasteiger partial charge is 0.481 e. The van der Waals surface area contributed by atoms with Crippen LogP contribution in [0.25, 0.3) is 0 Å². The summed E-state index contributed by atoms with van der Waals surface area (Å²) in [6.07, 6.45) is 23.1. The molecule has 0 bridgehead atoms. The summed E-state index contributed by atoms with van der Waals surface area (Å²) in [6.45, 7) is 3.01. The molecule has 0 radical (unpaired) electrons. The minimum Gasteiger partial charge on any atom is -0.481 e. The number of carbonyl (C=O) groups is 1. The minimum atomic E-state index is -0.743. The first-order chi connectivity index (χ1) is 15.6. The summed E-state index contributed by atoms with van der Waals surface area (Å²) < 4.78 is 12.2. The first kappa shape index (κ1) is 27.1. The summed E-state index contributed by atoms with van der Waals surface area (Å²) in [4.78, 5) is 10.7. The van der Waals surface area contributed by atoms with E-state index < -0.39 is 5.97 Å². The molecule has 1 unspecified atom stereocenters. The van der Waals surface area contributed by atoms with Gasteiger partial charge in [-0.1, -0.05) is 50.5 Å². The molecular weight excluding hydrogens is 404 g/mol. The van der Waals surface area contributed by atoms with E-state index in [1.165, 1.54) is 25.7 Å². The monoisotopic (exact) mass is 450 g/mol. The van der Waals surface area contributed by atoms with Crippen molar-refractivity contribution in [2.45, 2.75) is 122 Å². The Morgan fingerprint density at radius 3 is 2.53 bits per heavy atom. The molecule has 0 aromatic rings. The molecule has 2 N–H and O–H groups in total. The Bertz CT molecular complexity index is 552. The lowest BCUT2D eigenvalue weighted by Crippen LogP contribution is -2.31. The van der Waals surface area contributed by atoms with Crippen molar-refractivity contribution >= 4 is 5.97 Å². The fourth-order valence-corrected chi connectivity index (χ4v) is 5.01. The van der Waals surface area contributed by atoms with Crippen LogP contribution < -0.4 is 0 Å². The second-order valence-corrected chi connectivity index (χ2v) is 9.49. The molecule has 1 saturated carbocycles. The van der Waals surface area contributed by atoms with Gasteiger partial charge < -0.3 is 19.7 Å². The molecule has 2 fully saturated rings. The molecule has 5 heteroatoms. The number of carboxylic acids is 1. The average molecular weight is 451 g/mol. The molecular formula is C27H46O5. The third kappa shape index (κ3) is 10.6. The molecule has 2 rings (SSSR count). The zero-order valence-electron chi connectivity index (χ0n) is 20.1. The van der Waals surface area contributed by atoms with Crippen LogP contribution in [-0.4, -0.2) is 41.3 Å². The number of ether oxygens (including phenoxy) is 2. The van der Waals surface area contributed by atoms with E-state index in [2.05, 4.69) is 31.2 Å². The quantitative estimate of drug-likeness (QED) is 0.210. The van der Waals surface area contributed by atoms with E-state index >= 15 is 0 Å². The highest BCUT2D eigenvalue weighted by Gasteiger charge is 2.43. The number of hydrogen-bond donors (Lipinski definition) is 2. The zero-order chi connectivity index (χ0) is 23.0. The predicted octanol–water partition coefficient (Wildman–Crippen LogP) is 6.40. The maximum atomic E-state index is 10.8. The van der Waals surface area contributed by atoms with Gasteiger partial charge in [0.05, 0.1) is 12.2 Å². The van der Waals surface area contributed by atoms with Crippen molar-refractivity contribution in [2.24, 2.45) is 11.8 Å². The topological polar surface area (TPSA) is 76.0 Å². The number of aliphatic hydroxyl groups is 1. The average Bonchev–Trinajstić information content (AvgIpc) is 3.07. The summed E-state index contributed by atoms with van der Waals surface area (Å²) in [5, 5.41) is 19.6. The number of allylic oxidation sites excluding steroid dienone is 4. The lowest BCUT2D eigenvalue weighted by molar-refractivity contribution is -0.196. The van der Waals surface area contributed by atoms with Gasteiger partial charge in [-0.15, -0.1) is 0 Å². The van der Waals surface area contributed by atoms with Crippen molar-refractivity contribution in [3.63, 3.8) is 0 Å². The van der Waals surface area contributed by atoms with Gasteiger partial charge in [0.15, 0.2) is 6.29 Å². The molecule has 0 aromatic carbocycles. The molecule has 32 heavy (non-hydrogen) atoms. The van der Waals surface area contributed by atoms with Crippen molar-refractivity contribution in [1.82, 2.24) is 0 Å². The normalized spacial score (nSPS) is 28.8. The molecule has 2 aliphatic rings. The van der Waals surface area contributed by atoms with Gasteiger partial charge in [-0.25, -0.2) is 0 Å². The predicted molar refractivity (Wildman–Crippen MR) is 128 cm³/mol. The summed E-state index contributed by atoms with van der Waals surface area (Å²) in [6, 6.07) is 0. The molecule has 5 nitrogen and oxygen atoms in total. The van der Waals surface area contributed by atoms with Crippen molar-refractivity contribution in [3.8, 4) is 0 Å². The van der Waals surface area contributed by atoms with Gasteiger partial charge in [0.2, 0.25) is 0 Å². The summed E-state index contributed by atoms with van der Waals surface area (Å²) >= 11 is 0. The number of aliphatic carboxylic acids is 1. The van der Waals surface area contributed by atoms with Gasteiger partial charge in [-0.3, -0.25) is 4.79 Å². The zero-order valence-corrected chi connectivity index (χ0v) is 20.1. The molecule has 1 aliphatic heterocycles. The third-order valence-electron chi connectivity index (χ3n) is 6.85. The summed E-state index contributed by atoms with van der Waals surface area (Å²) in [7, 11) is 0. The second-order valence-electron chi connectivity index (χ2n) is 9.49. The van der Waals surface area contributed by atoms with E-state index in [0.29, 0.717) is 18.8 Å². The van der Waals surface area contributed by atoms with Crippen LogP contribution in [-0.2, 0) is 14.3 Å². The Balaban J connectivity index is 1.85. The Morgan fingerprint density at radius 2 is 1.78 bits per heavy atom. The molecule has 1 aliphatic carbocycles. The second kappa shape index (κ2) is 16.4. The SMILES string of the molecule is CCCCCCC=CCC[C@@H]1[C@@H](CC=CCCCC(=O)O)[C@@H](O)C[C@H]1OC1CCCCO1.